The molecule has 25 N–H and O–H groups in total. The molecule has 0 saturated carbocycles. The van der Waals surface area contributed by atoms with E-state index in [-0.39, 0.29) is 122 Å². The Morgan fingerprint density at radius 3 is 1.18 bits per heavy atom. The number of benzene rings is 2. The molecule has 35 heteroatoms. The standard InChI is InChI=1S/C59H89N19O16/c60-35(49(86)66-24-10-8-18-39-53(90)74-37(20-12-26-68-59(63)64)51(88)70-32-46(81)72-43(30-48(84)85)57(94)78-41(55(92)76-39)28-34-15-5-2-6-16-34)21-22-44(79)65-23-9-7-17-38-52(89)73-36(19-11-25-67-58(61)62)50(87)69-31-45(80)71-42(29-47(82)83)56(93)77-40(54(91)75-38)27-33-13-3-1-4-14-33/h1-6,13-16,35-44,65,79H,7-12,17-32,60H2,(H,66,86)(H,69,87)(H,70,88)(H,71,80)(H,72,81)(H,73,89)(H,74,90)(H,75,91)(H,76,92)(H,77,93)(H,78,94)(H,82,83)(H,84,85)(H4,61,62,67)(H4,63,64,68)/t35?,36-,37-,38-,39-,40+,41+,42-,43-,44?/m1/s1. The molecule has 0 radical (unpaired) electrons. The number of unbranched alkanes of at least 4 members (excludes halogenated alkanes) is 2. The van der Waals surface area contributed by atoms with E-state index in [1.54, 1.807) is 60.7 Å². The van der Waals surface area contributed by atoms with Crippen LogP contribution in [-0.4, -0.2) is 204 Å². The van der Waals surface area contributed by atoms with E-state index in [4.69, 9.17) is 28.0 Å². The summed E-state index contributed by atoms with van der Waals surface area (Å²) in [6.45, 7) is -0.961. The smallest absolute Gasteiger partial charge is 0.305 e. The monoisotopic (exact) mass is 1320 g/mol. The number of guanidine groups is 2. The molecule has 11 amide bonds. The molecule has 516 valence electrons. The maximum absolute atomic E-state index is 14.1. The first-order valence-corrected chi connectivity index (χ1v) is 30.9. The third-order valence-electron chi connectivity index (χ3n) is 14.8. The van der Waals surface area contributed by atoms with Crippen molar-refractivity contribution in [1.29, 1.82) is 10.8 Å². The Balaban J connectivity index is 1.38. The van der Waals surface area contributed by atoms with E-state index in [1.165, 1.54) is 0 Å². The quantitative estimate of drug-likeness (QED) is 0.0144. The summed E-state index contributed by atoms with van der Waals surface area (Å²) in [7, 11) is 0. The number of aliphatic carboxylic acids is 2. The zero-order valence-corrected chi connectivity index (χ0v) is 52.0. The number of carboxylic acids is 2. The van der Waals surface area contributed by atoms with Gasteiger partial charge in [0.05, 0.1) is 32.0 Å². The minimum Gasteiger partial charge on any atom is -0.481 e. The van der Waals surface area contributed by atoms with E-state index >= 15 is 0 Å². The van der Waals surface area contributed by atoms with Gasteiger partial charge in [-0.1, -0.05) is 60.7 Å². The van der Waals surface area contributed by atoms with Gasteiger partial charge in [0.2, 0.25) is 65.0 Å². The molecule has 4 rings (SSSR count). The molecule has 10 atom stereocenters. The number of nitrogens with one attached hydrogen (secondary N) is 16. The third-order valence-corrected chi connectivity index (χ3v) is 14.8. The van der Waals surface area contributed by atoms with Crippen molar-refractivity contribution in [2.45, 2.75) is 163 Å². The van der Waals surface area contributed by atoms with Gasteiger partial charge < -0.3 is 102 Å². The van der Waals surface area contributed by atoms with Crippen LogP contribution in [-0.2, 0) is 75.2 Å². The van der Waals surface area contributed by atoms with Crippen molar-refractivity contribution in [3.63, 3.8) is 0 Å². The van der Waals surface area contributed by atoms with Crippen molar-refractivity contribution in [3.05, 3.63) is 71.8 Å². The summed E-state index contributed by atoms with van der Waals surface area (Å²) in [5.41, 5.74) is 18.2. The van der Waals surface area contributed by atoms with Gasteiger partial charge in [0, 0.05) is 32.5 Å². The average molecular weight is 1320 g/mol. The van der Waals surface area contributed by atoms with Crippen LogP contribution in [0, 0.1) is 10.8 Å². The number of aliphatic hydroxyl groups is 1. The average Bonchev–Trinajstić information content (AvgIpc) is 1.40. The lowest BCUT2D eigenvalue weighted by Gasteiger charge is -2.26. The predicted molar refractivity (Wildman–Crippen MR) is 336 cm³/mol. The Hall–Kier alpha value is -10.0. The van der Waals surface area contributed by atoms with Crippen LogP contribution in [0.3, 0.4) is 0 Å². The molecular weight excluding hydrogens is 1230 g/mol. The molecule has 2 aliphatic rings. The van der Waals surface area contributed by atoms with Crippen molar-refractivity contribution < 1.29 is 77.6 Å². The van der Waals surface area contributed by atoms with Gasteiger partial charge in [0.1, 0.15) is 54.6 Å². The second-order valence-electron chi connectivity index (χ2n) is 22.5. The lowest BCUT2D eigenvalue weighted by molar-refractivity contribution is -0.141. The molecular formula is C59H89N19O16. The minimum atomic E-state index is -1.67. The van der Waals surface area contributed by atoms with Crippen molar-refractivity contribution in [2.75, 3.05) is 39.3 Å². The second kappa shape index (κ2) is 40.7. The topological polar surface area (TPSA) is 577 Å². The minimum absolute atomic E-state index is 0.00548. The van der Waals surface area contributed by atoms with Crippen LogP contribution in [0.5, 0.6) is 0 Å². The molecule has 2 heterocycles. The van der Waals surface area contributed by atoms with Gasteiger partial charge in [0.25, 0.3) is 0 Å². The highest BCUT2D eigenvalue weighted by atomic mass is 16.4. The van der Waals surface area contributed by atoms with E-state index in [0.29, 0.717) is 17.5 Å². The van der Waals surface area contributed by atoms with Gasteiger partial charge >= 0.3 is 11.9 Å². The molecule has 0 aromatic heterocycles. The molecule has 2 aromatic carbocycles. The predicted octanol–water partition coefficient (Wildman–Crippen LogP) is -6.44. The molecule has 2 fully saturated rings. The first kappa shape index (κ1) is 76.4. The zero-order chi connectivity index (χ0) is 69.1. The Labute approximate surface area is 541 Å². The Kier molecular flexibility index (Phi) is 33.1. The summed E-state index contributed by atoms with van der Waals surface area (Å²) in [5.74, 6) is -13.0. The highest BCUT2D eigenvalue weighted by Crippen LogP contribution is 2.13. The van der Waals surface area contributed by atoms with Crippen LogP contribution in [0.1, 0.15) is 101 Å². The second-order valence-corrected chi connectivity index (χ2v) is 22.5. The Morgan fingerprint density at radius 2 is 0.787 bits per heavy atom. The summed E-state index contributed by atoms with van der Waals surface area (Å²) >= 11 is 0. The van der Waals surface area contributed by atoms with E-state index in [1.807, 2.05) is 0 Å². The fourth-order valence-electron chi connectivity index (χ4n) is 9.85. The van der Waals surface area contributed by atoms with E-state index in [9.17, 15) is 77.6 Å². The van der Waals surface area contributed by atoms with Crippen molar-refractivity contribution >= 4 is 88.8 Å². The zero-order valence-electron chi connectivity index (χ0n) is 52.0. The fourth-order valence-corrected chi connectivity index (χ4v) is 9.85. The number of carbonyl (C=O) groups is 13. The number of carbonyl (C=O) groups excluding carboxylic acids is 11. The van der Waals surface area contributed by atoms with E-state index in [0.717, 1.165) is 0 Å². The van der Waals surface area contributed by atoms with Gasteiger partial charge in [-0.05, 0) is 94.7 Å². The molecule has 2 aromatic rings. The van der Waals surface area contributed by atoms with Crippen LogP contribution in [0.15, 0.2) is 60.7 Å². The Morgan fingerprint density at radius 1 is 0.447 bits per heavy atom. The summed E-state index contributed by atoms with van der Waals surface area (Å²) in [5, 5.41) is 80.7. The van der Waals surface area contributed by atoms with Crippen LogP contribution in [0.25, 0.3) is 0 Å². The Bertz CT molecular complexity index is 2950. The molecule has 0 bridgehead atoms. The molecule has 2 saturated heterocycles. The molecule has 35 nitrogen and oxygen atoms in total. The van der Waals surface area contributed by atoms with Crippen molar-refractivity contribution in [1.82, 2.24) is 74.4 Å². The van der Waals surface area contributed by atoms with Crippen LogP contribution in [0.4, 0.5) is 0 Å². The van der Waals surface area contributed by atoms with E-state index in [2.05, 4.69) is 74.4 Å². The largest absolute Gasteiger partial charge is 0.481 e. The summed E-state index contributed by atoms with van der Waals surface area (Å²) < 4.78 is 0. The molecule has 0 aliphatic carbocycles. The van der Waals surface area contributed by atoms with Crippen molar-refractivity contribution in [2.24, 2.45) is 17.2 Å². The lowest BCUT2D eigenvalue weighted by atomic mass is 10.0. The van der Waals surface area contributed by atoms with Gasteiger partial charge in [-0.3, -0.25) is 78.5 Å². The number of aliphatic hydroxyl groups excluding tert-OH is 1. The molecule has 2 aliphatic heterocycles. The number of nitrogens with two attached hydrogens (primary N) is 3. The number of hydrogen-bond acceptors (Lipinski definition) is 18. The van der Waals surface area contributed by atoms with Gasteiger partial charge in [-0.2, -0.15) is 0 Å². The molecule has 94 heavy (non-hydrogen) atoms. The summed E-state index contributed by atoms with van der Waals surface area (Å²) in [6.07, 6.45) is -1.95. The SMILES string of the molecule is N=C(N)NCCC[C@H]1NC(=O)[C@@H](CCCCNC(=O)C(N)CCC(O)NCCCC[C@H]2NC(=O)[C@H](Cc3ccccc3)NC(=O)[C@@H](CC(=O)O)NC(=O)CNC(=O)[C@@H](CCCNC(=N)N)NC2=O)NC(=O)[C@H](Cc2ccccc2)NC(=O)[C@@H](CC(=O)O)NC(=O)CNC1=O. The van der Waals surface area contributed by atoms with Gasteiger partial charge in [-0.25, -0.2) is 0 Å². The number of amides is 11. The normalized spacial score (nSPS) is 22.0. The lowest BCUT2D eigenvalue weighted by Crippen LogP contribution is -2.58. The third kappa shape index (κ3) is 29.5. The van der Waals surface area contributed by atoms with Crippen LogP contribution < -0.4 is 91.6 Å². The highest BCUT2D eigenvalue weighted by molar-refractivity contribution is 6.00. The highest BCUT2D eigenvalue weighted by Gasteiger charge is 2.36. The first-order valence-electron chi connectivity index (χ1n) is 30.9. The fraction of sp³-hybridized carbons (Fsp3) is 0.542. The number of carboxylic acid groups (broad SMARTS) is 2. The van der Waals surface area contributed by atoms with Crippen molar-refractivity contribution in [3.8, 4) is 0 Å². The maximum Gasteiger partial charge on any atom is 0.305 e. The number of rotatable bonds is 31. The number of hydrogen-bond donors (Lipinski definition) is 22. The van der Waals surface area contributed by atoms with Gasteiger partial charge in [-0.15, -0.1) is 0 Å². The first-order chi connectivity index (χ1) is 44.8. The maximum atomic E-state index is 14.1. The summed E-state index contributed by atoms with van der Waals surface area (Å²) in [4.78, 5) is 173. The van der Waals surface area contributed by atoms with E-state index < -0.39 is 163 Å². The van der Waals surface area contributed by atoms with Gasteiger partial charge in [0.15, 0.2) is 11.9 Å². The summed E-state index contributed by atoms with van der Waals surface area (Å²) in [6, 6.07) is 4.45. The van der Waals surface area contributed by atoms with Crippen LogP contribution >= 0.6 is 0 Å². The molecule has 0 spiro atoms. The molecule has 2 unspecified atom stereocenters. The van der Waals surface area contributed by atoms with Crippen LogP contribution in [0.2, 0.25) is 0 Å².